The van der Waals surface area contributed by atoms with Crippen molar-refractivity contribution in [2.24, 2.45) is 0 Å². The van der Waals surface area contributed by atoms with Gasteiger partial charge in [-0.1, -0.05) is 41.6 Å². The van der Waals surface area contributed by atoms with E-state index in [4.69, 9.17) is 5.73 Å². The molecular formula is C16H16N4OS2. The van der Waals surface area contributed by atoms with Crippen LogP contribution >= 0.6 is 23.1 Å². The number of benzene rings is 1. The van der Waals surface area contributed by atoms with Gasteiger partial charge in [0.25, 0.3) is 0 Å². The number of nitrogens with zero attached hydrogens (tertiary/aromatic N) is 2. The third-order valence-corrected chi connectivity index (χ3v) is 4.93. The second-order valence-corrected chi connectivity index (χ2v) is 6.92. The fourth-order valence-electron chi connectivity index (χ4n) is 2.01. The monoisotopic (exact) mass is 344 g/mol. The first-order valence-corrected chi connectivity index (χ1v) is 8.94. The zero-order valence-electron chi connectivity index (χ0n) is 12.6. The molecule has 0 spiro atoms. The van der Waals surface area contributed by atoms with Crippen molar-refractivity contribution >= 4 is 45.0 Å². The van der Waals surface area contributed by atoms with E-state index in [1.54, 1.807) is 0 Å². The molecule has 0 fully saturated rings. The number of aromatic nitrogens is 2. The predicted octanol–water partition coefficient (Wildman–Crippen LogP) is 2.99. The molecule has 3 rings (SSSR count). The Kier molecular flexibility index (Phi) is 4.78. The number of hydrogen-bond donors (Lipinski definition) is 2. The first kappa shape index (κ1) is 15.8. The molecule has 118 valence electrons. The highest BCUT2D eigenvalue weighted by Gasteiger charge is 2.09. The lowest BCUT2D eigenvalue weighted by Gasteiger charge is -2.06. The Hall–Kier alpha value is -2.12. The van der Waals surface area contributed by atoms with Gasteiger partial charge in [-0.15, -0.1) is 11.3 Å². The van der Waals surface area contributed by atoms with Crippen LogP contribution in [0.4, 0.5) is 5.82 Å². The Morgan fingerprint density at radius 3 is 2.83 bits per heavy atom. The number of nitrogens with two attached hydrogens (primary N) is 1. The molecule has 0 saturated carbocycles. The van der Waals surface area contributed by atoms with Gasteiger partial charge in [-0.05, 0) is 23.9 Å². The number of hydrogen-bond acceptors (Lipinski definition) is 6. The van der Waals surface area contributed by atoms with Crippen molar-refractivity contribution in [2.45, 2.75) is 18.6 Å². The van der Waals surface area contributed by atoms with E-state index in [0.29, 0.717) is 17.5 Å². The number of fused-ring (bicyclic) bond motifs is 1. The number of anilines is 1. The van der Waals surface area contributed by atoms with E-state index in [-0.39, 0.29) is 11.7 Å². The van der Waals surface area contributed by atoms with Gasteiger partial charge >= 0.3 is 0 Å². The molecule has 0 bridgehead atoms. The molecule has 0 atom stereocenters. The summed E-state index contributed by atoms with van der Waals surface area (Å²) in [5, 5.41) is 6.22. The Bertz CT molecular complexity index is 830. The van der Waals surface area contributed by atoms with Gasteiger partial charge in [-0.25, -0.2) is 9.97 Å². The summed E-state index contributed by atoms with van der Waals surface area (Å²) in [5.41, 5.74) is 8.18. The molecule has 2 aromatic heterocycles. The van der Waals surface area contributed by atoms with Crippen molar-refractivity contribution in [3.05, 3.63) is 46.8 Å². The average Bonchev–Trinajstić information content (AvgIpc) is 3.01. The Morgan fingerprint density at radius 2 is 2.04 bits per heavy atom. The molecule has 0 aliphatic rings. The van der Waals surface area contributed by atoms with Crippen LogP contribution in [0.5, 0.6) is 0 Å². The van der Waals surface area contributed by atoms with Gasteiger partial charge in [0.15, 0.2) is 5.16 Å². The molecule has 7 heteroatoms. The second-order valence-electron chi connectivity index (χ2n) is 5.08. The Morgan fingerprint density at radius 1 is 1.26 bits per heavy atom. The number of nitrogens with one attached hydrogen (secondary N) is 1. The molecule has 23 heavy (non-hydrogen) atoms. The molecule has 2 heterocycles. The topological polar surface area (TPSA) is 80.9 Å². The van der Waals surface area contributed by atoms with Crippen molar-refractivity contribution in [3.8, 4) is 0 Å². The largest absolute Gasteiger partial charge is 0.383 e. The van der Waals surface area contributed by atoms with Crippen LogP contribution in [-0.4, -0.2) is 21.6 Å². The molecule has 5 nitrogen and oxygen atoms in total. The number of rotatable bonds is 5. The third kappa shape index (κ3) is 4.00. The van der Waals surface area contributed by atoms with Crippen LogP contribution in [0.25, 0.3) is 10.2 Å². The summed E-state index contributed by atoms with van der Waals surface area (Å²) in [6, 6.07) is 9.98. The highest BCUT2D eigenvalue weighted by molar-refractivity contribution is 7.99. The fraction of sp³-hybridized carbons (Fsp3) is 0.188. The number of carbonyl (C=O) groups excluding carboxylic acids is 1. The van der Waals surface area contributed by atoms with E-state index >= 15 is 0 Å². The average molecular weight is 344 g/mol. The van der Waals surface area contributed by atoms with Gasteiger partial charge in [0.1, 0.15) is 10.6 Å². The predicted molar refractivity (Wildman–Crippen MR) is 95.6 cm³/mol. The van der Waals surface area contributed by atoms with Crippen LogP contribution < -0.4 is 11.1 Å². The number of nitrogen functional groups attached to an aromatic ring is 1. The molecule has 3 N–H and O–H groups in total. The van der Waals surface area contributed by atoms with Crippen molar-refractivity contribution in [2.75, 3.05) is 11.5 Å². The maximum absolute atomic E-state index is 11.9. The van der Waals surface area contributed by atoms with Crippen LogP contribution in [-0.2, 0) is 11.3 Å². The van der Waals surface area contributed by atoms with Crippen molar-refractivity contribution < 1.29 is 4.79 Å². The van der Waals surface area contributed by atoms with Gasteiger partial charge in [-0.3, -0.25) is 4.79 Å². The molecule has 0 aliphatic heterocycles. The van der Waals surface area contributed by atoms with Gasteiger partial charge in [-0.2, -0.15) is 0 Å². The lowest BCUT2D eigenvalue weighted by Crippen LogP contribution is -2.24. The SMILES string of the molecule is Cc1ccc(CNC(=O)CSc2nc(N)c3ccsc3n2)cc1. The summed E-state index contributed by atoms with van der Waals surface area (Å²) in [5.74, 6) is 0.671. The summed E-state index contributed by atoms with van der Waals surface area (Å²) in [6.45, 7) is 2.56. The van der Waals surface area contributed by atoms with E-state index < -0.39 is 0 Å². The van der Waals surface area contributed by atoms with Crippen molar-refractivity contribution in [1.29, 1.82) is 0 Å². The molecule has 0 aliphatic carbocycles. The summed E-state index contributed by atoms with van der Waals surface area (Å²) < 4.78 is 0. The first-order chi connectivity index (χ1) is 11.1. The van der Waals surface area contributed by atoms with E-state index in [1.165, 1.54) is 28.7 Å². The number of thiophene rings is 1. The minimum absolute atomic E-state index is 0.0518. The van der Waals surface area contributed by atoms with Crippen LogP contribution in [0.1, 0.15) is 11.1 Å². The maximum atomic E-state index is 11.9. The summed E-state index contributed by atoms with van der Waals surface area (Å²) in [4.78, 5) is 21.4. The highest BCUT2D eigenvalue weighted by Crippen LogP contribution is 2.26. The fourth-order valence-corrected chi connectivity index (χ4v) is 3.52. The normalized spacial score (nSPS) is 10.8. The number of thioether (sulfide) groups is 1. The lowest BCUT2D eigenvalue weighted by atomic mass is 10.1. The second kappa shape index (κ2) is 6.97. The number of aryl methyl sites for hydroxylation is 1. The smallest absolute Gasteiger partial charge is 0.230 e. The molecule has 0 radical (unpaired) electrons. The molecular weight excluding hydrogens is 328 g/mol. The van der Waals surface area contributed by atoms with Crippen LogP contribution in [0, 0.1) is 6.92 Å². The van der Waals surface area contributed by atoms with E-state index in [1.807, 2.05) is 42.6 Å². The van der Waals surface area contributed by atoms with Crippen LogP contribution in [0.3, 0.4) is 0 Å². The molecule has 1 aromatic carbocycles. The van der Waals surface area contributed by atoms with Gasteiger partial charge in [0.05, 0.1) is 11.1 Å². The maximum Gasteiger partial charge on any atom is 0.230 e. The number of amides is 1. The van der Waals surface area contributed by atoms with E-state index in [2.05, 4.69) is 15.3 Å². The third-order valence-electron chi connectivity index (χ3n) is 3.28. The minimum Gasteiger partial charge on any atom is -0.383 e. The molecule has 3 aromatic rings. The van der Waals surface area contributed by atoms with Crippen LogP contribution in [0.15, 0.2) is 40.9 Å². The lowest BCUT2D eigenvalue weighted by molar-refractivity contribution is -0.118. The zero-order chi connectivity index (χ0) is 16.2. The summed E-state index contributed by atoms with van der Waals surface area (Å²) in [7, 11) is 0. The van der Waals surface area contributed by atoms with Gasteiger partial charge < -0.3 is 11.1 Å². The van der Waals surface area contributed by atoms with Crippen molar-refractivity contribution in [1.82, 2.24) is 15.3 Å². The number of carbonyl (C=O) groups is 1. The highest BCUT2D eigenvalue weighted by atomic mass is 32.2. The van der Waals surface area contributed by atoms with E-state index in [9.17, 15) is 4.79 Å². The minimum atomic E-state index is -0.0518. The Labute approximate surface area is 142 Å². The van der Waals surface area contributed by atoms with Crippen LogP contribution in [0.2, 0.25) is 0 Å². The zero-order valence-corrected chi connectivity index (χ0v) is 14.2. The summed E-state index contributed by atoms with van der Waals surface area (Å²) >= 11 is 2.80. The first-order valence-electron chi connectivity index (χ1n) is 7.07. The standard InChI is InChI=1S/C16H16N4OS2/c1-10-2-4-11(5-3-10)8-18-13(21)9-23-16-19-14(17)12-6-7-22-15(12)20-16/h2-7H,8-9H2,1H3,(H,18,21)(H2,17,19,20). The van der Waals surface area contributed by atoms with E-state index in [0.717, 1.165) is 15.8 Å². The Balaban J connectivity index is 1.54. The quantitative estimate of drug-likeness (QED) is 0.549. The van der Waals surface area contributed by atoms with Gasteiger partial charge in [0, 0.05) is 6.54 Å². The van der Waals surface area contributed by atoms with Gasteiger partial charge in [0.2, 0.25) is 5.91 Å². The molecule has 1 amide bonds. The molecule has 0 saturated heterocycles. The molecule has 0 unspecified atom stereocenters. The van der Waals surface area contributed by atoms with Crippen molar-refractivity contribution in [3.63, 3.8) is 0 Å². The summed E-state index contributed by atoms with van der Waals surface area (Å²) in [6.07, 6.45) is 0.